The number of carbonyl (C=O) groups is 5. The summed E-state index contributed by atoms with van der Waals surface area (Å²) < 4.78 is 47.3. The van der Waals surface area contributed by atoms with Gasteiger partial charge in [-0.1, -0.05) is 6.08 Å². The molecule has 2 atom stereocenters. The van der Waals surface area contributed by atoms with Crippen molar-refractivity contribution in [2.24, 2.45) is 5.73 Å². The fourth-order valence-electron chi connectivity index (χ4n) is 2.28. The minimum atomic E-state index is -5.32. The van der Waals surface area contributed by atoms with Crippen LogP contribution in [0, 0.1) is 0 Å². The van der Waals surface area contributed by atoms with Crippen LogP contribution in [0.5, 0.6) is 0 Å². The number of esters is 2. The summed E-state index contributed by atoms with van der Waals surface area (Å²) in [4.78, 5) is 58.2. The van der Waals surface area contributed by atoms with E-state index in [1.807, 2.05) is 0 Å². The molecule has 0 fully saturated rings. The molecule has 0 aliphatic carbocycles. The molecule has 0 aliphatic rings. The maximum Gasteiger partial charge on any atom is 0.471 e. The van der Waals surface area contributed by atoms with Crippen LogP contribution in [-0.2, 0) is 33.4 Å². The second kappa shape index (κ2) is 13.4. The van der Waals surface area contributed by atoms with Crippen molar-refractivity contribution in [3.63, 3.8) is 0 Å². The molecule has 0 bridgehead atoms. The third-order valence-corrected chi connectivity index (χ3v) is 3.69. The van der Waals surface area contributed by atoms with E-state index in [0.717, 1.165) is 6.08 Å². The first kappa shape index (κ1) is 28.0. The molecule has 0 aromatic carbocycles. The van der Waals surface area contributed by atoms with Crippen LogP contribution in [0.3, 0.4) is 0 Å². The highest BCUT2D eigenvalue weighted by atomic mass is 19.4. The number of carboxylic acids is 1. The number of Topliss-reactive ketones (excluding diaryl/α,β-unsaturated/α-hetero) is 1. The molecule has 0 saturated heterocycles. The molecule has 13 heteroatoms. The lowest BCUT2D eigenvalue weighted by molar-refractivity contribution is -0.174. The van der Waals surface area contributed by atoms with Crippen LogP contribution in [0.2, 0.25) is 0 Å². The number of ether oxygens (including phenoxy) is 2. The first-order valence-corrected chi connectivity index (χ1v) is 9.23. The summed E-state index contributed by atoms with van der Waals surface area (Å²) in [7, 11) is 0. The van der Waals surface area contributed by atoms with E-state index in [1.165, 1.54) is 19.2 Å². The minimum Gasteiger partial charge on any atom is -0.481 e. The summed E-state index contributed by atoms with van der Waals surface area (Å²) in [6.45, 7) is 3.03. The lowest BCUT2D eigenvalue weighted by Crippen LogP contribution is -2.48. The first-order chi connectivity index (χ1) is 14.3. The molecule has 0 radical (unpaired) electrons. The predicted octanol–water partition coefficient (Wildman–Crippen LogP) is 0.627. The Labute approximate surface area is 175 Å². The topological polar surface area (TPSA) is 162 Å². The van der Waals surface area contributed by atoms with Crippen LogP contribution in [0.4, 0.5) is 13.2 Å². The number of hydrogen-bond acceptors (Lipinski definition) is 8. The van der Waals surface area contributed by atoms with E-state index in [9.17, 15) is 37.1 Å². The van der Waals surface area contributed by atoms with Gasteiger partial charge in [0.25, 0.3) is 0 Å². The van der Waals surface area contributed by atoms with Crippen molar-refractivity contribution in [3.8, 4) is 0 Å². The lowest BCUT2D eigenvalue weighted by atomic mass is 9.94. The number of alkyl halides is 3. The zero-order chi connectivity index (χ0) is 24.2. The normalized spacial score (nSPS) is 13.7. The quantitative estimate of drug-likeness (QED) is 0.268. The van der Waals surface area contributed by atoms with E-state index in [4.69, 9.17) is 20.3 Å². The van der Waals surface area contributed by atoms with Gasteiger partial charge in [-0.25, -0.2) is 0 Å². The highest BCUT2D eigenvalue weighted by Crippen LogP contribution is 2.18. The van der Waals surface area contributed by atoms with E-state index < -0.39 is 73.5 Å². The monoisotopic (exact) mass is 454 g/mol. The van der Waals surface area contributed by atoms with Crippen molar-refractivity contribution in [2.45, 2.75) is 57.8 Å². The van der Waals surface area contributed by atoms with Crippen molar-refractivity contribution in [1.29, 1.82) is 0 Å². The Bertz CT molecular complexity index is 706. The Morgan fingerprint density at radius 1 is 1.10 bits per heavy atom. The van der Waals surface area contributed by atoms with Crippen LogP contribution in [0.25, 0.3) is 0 Å². The lowest BCUT2D eigenvalue weighted by Gasteiger charge is -2.21. The molecule has 1 amide bonds. The van der Waals surface area contributed by atoms with Crippen molar-refractivity contribution in [1.82, 2.24) is 5.32 Å². The van der Waals surface area contributed by atoms with Gasteiger partial charge in [-0.2, -0.15) is 13.2 Å². The number of amides is 1. The van der Waals surface area contributed by atoms with Gasteiger partial charge in [0.2, 0.25) is 0 Å². The number of nitrogens with one attached hydrogen (secondary N) is 1. The molecule has 1 unspecified atom stereocenters. The maximum atomic E-state index is 12.8. The largest absolute Gasteiger partial charge is 0.481 e. The van der Waals surface area contributed by atoms with Crippen LogP contribution in [0.15, 0.2) is 11.6 Å². The maximum absolute atomic E-state index is 12.8. The smallest absolute Gasteiger partial charge is 0.471 e. The molecule has 10 nitrogen and oxygen atoms in total. The second-order valence-corrected chi connectivity index (χ2v) is 6.12. The standard InChI is InChI=1S/C18H25F3N2O8/c1-3-30-14(26)8-5-10(9-11(22)16(28)31-4-2)15(27)12(6-7-13(24)25)23-17(29)18(19,20)21/h5,11-12H,3-4,6-9,22H2,1-2H3,(H,23,29)(H,24,25)/t11?,12-/m1/s1. The highest BCUT2D eigenvalue weighted by molar-refractivity contribution is 6.02. The molecule has 0 spiro atoms. The zero-order valence-corrected chi connectivity index (χ0v) is 17.0. The zero-order valence-electron chi connectivity index (χ0n) is 17.0. The SMILES string of the molecule is CCOC(=O)CC=C(CC(N)C(=O)OCC)C(=O)[C@@H](CCC(=O)O)NC(=O)C(F)(F)F. The molecule has 0 heterocycles. The van der Waals surface area contributed by atoms with E-state index in [2.05, 4.69) is 0 Å². The number of halogens is 3. The van der Waals surface area contributed by atoms with E-state index in [-0.39, 0.29) is 18.8 Å². The summed E-state index contributed by atoms with van der Waals surface area (Å²) in [6.07, 6.45) is -6.71. The third kappa shape index (κ3) is 11.1. The van der Waals surface area contributed by atoms with E-state index in [0.29, 0.717) is 0 Å². The number of carboxylic acid groups (broad SMARTS) is 1. The van der Waals surface area contributed by atoms with Gasteiger partial charge in [0, 0.05) is 12.8 Å². The van der Waals surface area contributed by atoms with Gasteiger partial charge in [0.1, 0.15) is 6.04 Å². The van der Waals surface area contributed by atoms with Crippen molar-refractivity contribution in [3.05, 3.63) is 11.6 Å². The fourth-order valence-corrected chi connectivity index (χ4v) is 2.28. The highest BCUT2D eigenvalue weighted by Gasteiger charge is 2.41. The van der Waals surface area contributed by atoms with Gasteiger partial charge in [-0.05, 0) is 25.8 Å². The average Bonchev–Trinajstić information content (AvgIpc) is 2.66. The fraction of sp³-hybridized carbons (Fsp3) is 0.611. The van der Waals surface area contributed by atoms with Gasteiger partial charge in [-0.3, -0.25) is 24.0 Å². The molecule has 31 heavy (non-hydrogen) atoms. The molecule has 0 aromatic rings. The molecule has 0 rings (SSSR count). The molecule has 4 N–H and O–H groups in total. The Balaban J connectivity index is 5.82. The summed E-state index contributed by atoms with van der Waals surface area (Å²) in [5.74, 6) is -6.66. The number of nitrogens with two attached hydrogens (primary N) is 1. The van der Waals surface area contributed by atoms with Gasteiger partial charge in [0.15, 0.2) is 5.78 Å². The summed E-state index contributed by atoms with van der Waals surface area (Å²) in [6, 6.07) is -3.27. The average molecular weight is 454 g/mol. The van der Waals surface area contributed by atoms with Crippen molar-refractivity contribution in [2.75, 3.05) is 13.2 Å². The Morgan fingerprint density at radius 2 is 1.68 bits per heavy atom. The Morgan fingerprint density at radius 3 is 2.16 bits per heavy atom. The van der Waals surface area contributed by atoms with Crippen LogP contribution in [-0.4, -0.2) is 66.2 Å². The van der Waals surface area contributed by atoms with Gasteiger partial charge >= 0.3 is 30.0 Å². The van der Waals surface area contributed by atoms with Crippen LogP contribution >= 0.6 is 0 Å². The molecular formula is C18H25F3N2O8. The first-order valence-electron chi connectivity index (χ1n) is 9.23. The predicted molar refractivity (Wildman–Crippen MR) is 98.4 cm³/mol. The minimum absolute atomic E-state index is 0.0226. The number of ketones is 1. The number of carbonyl (C=O) groups excluding carboxylic acids is 4. The van der Waals surface area contributed by atoms with Crippen molar-refractivity contribution >= 4 is 29.6 Å². The number of hydrogen-bond donors (Lipinski definition) is 3. The van der Waals surface area contributed by atoms with Crippen LogP contribution < -0.4 is 11.1 Å². The number of aliphatic carboxylic acids is 1. The summed E-state index contributed by atoms with van der Waals surface area (Å²) >= 11 is 0. The molecular weight excluding hydrogens is 429 g/mol. The van der Waals surface area contributed by atoms with Crippen LogP contribution in [0.1, 0.15) is 39.5 Å². The molecule has 176 valence electrons. The second-order valence-electron chi connectivity index (χ2n) is 6.12. The van der Waals surface area contributed by atoms with Gasteiger partial charge in [0.05, 0.1) is 25.7 Å². The van der Waals surface area contributed by atoms with Crippen molar-refractivity contribution < 1.29 is 51.7 Å². The van der Waals surface area contributed by atoms with Gasteiger partial charge in [-0.15, -0.1) is 0 Å². The van der Waals surface area contributed by atoms with Gasteiger partial charge < -0.3 is 25.6 Å². The number of rotatable bonds is 13. The summed E-state index contributed by atoms with van der Waals surface area (Å²) in [5, 5.41) is 10.2. The molecule has 0 aliphatic heterocycles. The molecule has 0 aromatic heterocycles. The van der Waals surface area contributed by atoms with E-state index >= 15 is 0 Å². The Hall–Kier alpha value is -2.96. The third-order valence-electron chi connectivity index (χ3n) is 3.69. The molecule has 0 saturated carbocycles. The summed E-state index contributed by atoms with van der Waals surface area (Å²) in [5.41, 5.74) is 5.30. The van der Waals surface area contributed by atoms with E-state index in [1.54, 1.807) is 0 Å². The Kier molecular flexibility index (Phi) is 12.1.